The number of hydrogen-bond acceptors (Lipinski definition) is 2. The molecule has 1 aliphatic rings. The first-order chi connectivity index (χ1) is 7.81. The molecule has 0 bridgehead atoms. The number of aromatic nitrogens is 2. The van der Waals surface area contributed by atoms with Crippen LogP contribution < -0.4 is 5.32 Å². The van der Waals surface area contributed by atoms with Crippen LogP contribution >= 0.6 is 0 Å². The Morgan fingerprint density at radius 1 is 1.50 bits per heavy atom. The highest BCUT2D eigenvalue weighted by Gasteiger charge is 2.21. The molecule has 0 radical (unpaired) electrons. The highest BCUT2D eigenvalue weighted by atomic mass is 15.2. The van der Waals surface area contributed by atoms with Gasteiger partial charge in [-0.25, -0.2) is 4.98 Å². The summed E-state index contributed by atoms with van der Waals surface area (Å²) in [4.78, 5) is 4.41. The Balaban J connectivity index is 2.04. The molecule has 2 rings (SSSR count). The smallest absolute Gasteiger partial charge is 0.203 e. The van der Waals surface area contributed by atoms with Crippen LogP contribution in [0.25, 0.3) is 0 Å². The average molecular weight is 221 g/mol. The van der Waals surface area contributed by atoms with Gasteiger partial charge in [0.25, 0.3) is 0 Å². The van der Waals surface area contributed by atoms with E-state index in [2.05, 4.69) is 34.9 Å². The maximum atomic E-state index is 4.41. The molecule has 0 saturated heterocycles. The summed E-state index contributed by atoms with van der Waals surface area (Å²) in [6.07, 6.45) is 10.5. The molecule has 1 fully saturated rings. The standard InChI is InChI=1S/C13H23N3/c1-3-7-14-13-15-8-9-16(13)12-6-4-5-11(2)10-12/h8-9,11-12H,3-7,10H2,1-2H3,(H,14,15). The minimum atomic E-state index is 0.658. The van der Waals surface area contributed by atoms with Crippen molar-refractivity contribution >= 4 is 5.95 Å². The fourth-order valence-electron chi connectivity index (χ4n) is 2.64. The van der Waals surface area contributed by atoms with Gasteiger partial charge in [0.05, 0.1) is 0 Å². The van der Waals surface area contributed by atoms with Crippen molar-refractivity contribution in [1.82, 2.24) is 9.55 Å². The highest BCUT2D eigenvalue weighted by Crippen LogP contribution is 2.33. The van der Waals surface area contributed by atoms with E-state index < -0.39 is 0 Å². The van der Waals surface area contributed by atoms with Crippen molar-refractivity contribution in [2.75, 3.05) is 11.9 Å². The summed E-state index contributed by atoms with van der Waals surface area (Å²) in [5, 5.41) is 3.41. The Kier molecular flexibility index (Phi) is 3.86. The normalized spacial score (nSPS) is 25.6. The lowest BCUT2D eigenvalue weighted by molar-refractivity contribution is 0.284. The van der Waals surface area contributed by atoms with Crippen LogP contribution in [0.2, 0.25) is 0 Å². The predicted octanol–water partition coefficient (Wildman–Crippen LogP) is 3.46. The van der Waals surface area contributed by atoms with Gasteiger partial charge in [0, 0.05) is 25.0 Å². The van der Waals surface area contributed by atoms with Crippen molar-refractivity contribution < 1.29 is 0 Å². The van der Waals surface area contributed by atoms with Gasteiger partial charge < -0.3 is 9.88 Å². The molecule has 1 N–H and O–H groups in total. The van der Waals surface area contributed by atoms with Crippen LogP contribution in [0.5, 0.6) is 0 Å². The van der Waals surface area contributed by atoms with E-state index in [0.717, 1.165) is 24.8 Å². The second-order valence-electron chi connectivity index (χ2n) is 5.01. The molecule has 16 heavy (non-hydrogen) atoms. The maximum absolute atomic E-state index is 4.41. The number of nitrogens with one attached hydrogen (secondary N) is 1. The number of anilines is 1. The maximum Gasteiger partial charge on any atom is 0.203 e. The van der Waals surface area contributed by atoms with Crippen molar-refractivity contribution in [2.24, 2.45) is 5.92 Å². The molecule has 2 atom stereocenters. The molecule has 1 aromatic heterocycles. The Labute approximate surface area is 98.3 Å². The van der Waals surface area contributed by atoms with Crippen LogP contribution in [0, 0.1) is 5.92 Å². The number of imidazole rings is 1. The van der Waals surface area contributed by atoms with Crippen LogP contribution in [-0.4, -0.2) is 16.1 Å². The first-order valence-electron chi connectivity index (χ1n) is 6.58. The molecule has 1 aliphatic carbocycles. The summed E-state index contributed by atoms with van der Waals surface area (Å²) in [5.74, 6) is 1.92. The van der Waals surface area contributed by atoms with Gasteiger partial charge in [0.15, 0.2) is 0 Å². The van der Waals surface area contributed by atoms with Crippen LogP contribution in [0.15, 0.2) is 12.4 Å². The quantitative estimate of drug-likeness (QED) is 0.844. The lowest BCUT2D eigenvalue weighted by Gasteiger charge is -2.28. The first-order valence-corrected chi connectivity index (χ1v) is 6.58. The average Bonchev–Trinajstić information content (AvgIpc) is 2.74. The van der Waals surface area contributed by atoms with E-state index in [1.807, 2.05) is 6.20 Å². The zero-order chi connectivity index (χ0) is 11.4. The monoisotopic (exact) mass is 221 g/mol. The van der Waals surface area contributed by atoms with Crippen molar-refractivity contribution in [3.8, 4) is 0 Å². The van der Waals surface area contributed by atoms with Gasteiger partial charge in [-0.15, -0.1) is 0 Å². The second-order valence-corrected chi connectivity index (χ2v) is 5.01. The molecule has 2 unspecified atom stereocenters. The lowest BCUT2D eigenvalue weighted by atomic mass is 9.87. The van der Waals surface area contributed by atoms with E-state index in [9.17, 15) is 0 Å². The van der Waals surface area contributed by atoms with E-state index >= 15 is 0 Å². The van der Waals surface area contributed by atoms with Gasteiger partial charge in [0.2, 0.25) is 5.95 Å². The second kappa shape index (κ2) is 5.37. The molecule has 1 saturated carbocycles. The molecule has 0 amide bonds. The number of rotatable bonds is 4. The van der Waals surface area contributed by atoms with Crippen molar-refractivity contribution in [3.05, 3.63) is 12.4 Å². The van der Waals surface area contributed by atoms with E-state index in [4.69, 9.17) is 0 Å². The minimum Gasteiger partial charge on any atom is -0.356 e. The number of nitrogens with zero attached hydrogens (tertiary/aromatic N) is 2. The van der Waals surface area contributed by atoms with Crippen LogP contribution in [0.3, 0.4) is 0 Å². The topological polar surface area (TPSA) is 29.9 Å². The third-order valence-corrected chi connectivity index (χ3v) is 3.50. The SMILES string of the molecule is CCCNc1nccn1C1CCCC(C)C1. The Bertz CT molecular complexity index is 319. The van der Waals surface area contributed by atoms with Gasteiger partial charge in [-0.05, 0) is 25.2 Å². The summed E-state index contributed by atoms with van der Waals surface area (Å²) < 4.78 is 2.34. The first kappa shape index (κ1) is 11.5. The van der Waals surface area contributed by atoms with Crippen LogP contribution in [0.1, 0.15) is 52.0 Å². The highest BCUT2D eigenvalue weighted by molar-refractivity contribution is 5.26. The Hall–Kier alpha value is -0.990. The van der Waals surface area contributed by atoms with Crippen LogP contribution in [0.4, 0.5) is 5.95 Å². The van der Waals surface area contributed by atoms with Gasteiger partial charge >= 0.3 is 0 Å². The fraction of sp³-hybridized carbons (Fsp3) is 0.769. The van der Waals surface area contributed by atoms with Gasteiger partial charge in [-0.1, -0.05) is 26.7 Å². The van der Waals surface area contributed by atoms with Gasteiger partial charge in [-0.3, -0.25) is 0 Å². The molecular formula is C13H23N3. The van der Waals surface area contributed by atoms with E-state index in [1.54, 1.807) is 0 Å². The molecule has 3 heteroatoms. The largest absolute Gasteiger partial charge is 0.356 e. The molecule has 1 heterocycles. The lowest BCUT2D eigenvalue weighted by Crippen LogP contribution is -2.19. The van der Waals surface area contributed by atoms with Crippen LogP contribution in [-0.2, 0) is 0 Å². The van der Waals surface area contributed by atoms with Gasteiger partial charge in [0.1, 0.15) is 0 Å². The zero-order valence-electron chi connectivity index (χ0n) is 10.4. The summed E-state index contributed by atoms with van der Waals surface area (Å²) in [7, 11) is 0. The minimum absolute atomic E-state index is 0.658. The molecule has 1 aromatic rings. The van der Waals surface area contributed by atoms with E-state index in [-0.39, 0.29) is 0 Å². The fourth-order valence-corrected chi connectivity index (χ4v) is 2.64. The molecule has 0 spiro atoms. The molecule has 3 nitrogen and oxygen atoms in total. The molecule has 90 valence electrons. The molecule has 0 aromatic carbocycles. The molecule has 0 aliphatic heterocycles. The van der Waals surface area contributed by atoms with Crippen molar-refractivity contribution in [2.45, 2.75) is 52.0 Å². The number of hydrogen-bond donors (Lipinski definition) is 1. The van der Waals surface area contributed by atoms with E-state index in [0.29, 0.717) is 6.04 Å². The Morgan fingerprint density at radius 2 is 2.38 bits per heavy atom. The van der Waals surface area contributed by atoms with E-state index in [1.165, 1.54) is 25.7 Å². The summed E-state index contributed by atoms with van der Waals surface area (Å²) in [6.45, 7) is 5.56. The molecular weight excluding hydrogens is 198 g/mol. The van der Waals surface area contributed by atoms with Crippen molar-refractivity contribution in [1.29, 1.82) is 0 Å². The van der Waals surface area contributed by atoms with Crippen molar-refractivity contribution in [3.63, 3.8) is 0 Å². The summed E-state index contributed by atoms with van der Waals surface area (Å²) >= 11 is 0. The summed E-state index contributed by atoms with van der Waals surface area (Å²) in [5.41, 5.74) is 0. The van der Waals surface area contributed by atoms with Gasteiger partial charge in [-0.2, -0.15) is 0 Å². The summed E-state index contributed by atoms with van der Waals surface area (Å²) in [6, 6.07) is 0.658. The predicted molar refractivity (Wildman–Crippen MR) is 67.7 cm³/mol. The third kappa shape index (κ3) is 2.57. The Morgan fingerprint density at radius 3 is 3.12 bits per heavy atom. The third-order valence-electron chi connectivity index (χ3n) is 3.50. The zero-order valence-corrected chi connectivity index (χ0v) is 10.4.